The second-order valence-electron chi connectivity index (χ2n) is 6.11. The number of hydrogen-bond donors (Lipinski definition) is 1. The number of rotatable bonds is 3. The lowest BCUT2D eigenvalue weighted by atomic mass is 10.1. The highest BCUT2D eigenvalue weighted by molar-refractivity contribution is 5.80. The van der Waals surface area contributed by atoms with Crippen molar-refractivity contribution in [3.05, 3.63) is 29.2 Å². The average Bonchev–Trinajstić information content (AvgIpc) is 3.19. The van der Waals surface area contributed by atoms with Crippen LogP contribution in [0.2, 0.25) is 0 Å². The molecule has 1 aromatic heterocycles. The smallest absolute Gasteiger partial charge is 0.198 e. The van der Waals surface area contributed by atoms with Gasteiger partial charge in [-0.2, -0.15) is 5.26 Å². The van der Waals surface area contributed by atoms with Crippen molar-refractivity contribution in [3.8, 4) is 6.07 Å². The van der Waals surface area contributed by atoms with Crippen LogP contribution in [0.15, 0.2) is 16.5 Å². The van der Waals surface area contributed by atoms with E-state index in [1.165, 1.54) is 32.1 Å². The molecular formula is C18H25N3O. The van der Waals surface area contributed by atoms with Gasteiger partial charge in [-0.15, -0.1) is 0 Å². The Morgan fingerprint density at radius 2 is 1.86 bits per heavy atom. The molecule has 1 heterocycles. The topological polar surface area (TPSA) is 61.9 Å². The third kappa shape index (κ3) is 4.08. The first kappa shape index (κ1) is 16.5. The van der Waals surface area contributed by atoms with Gasteiger partial charge in [-0.1, -0.05) is 46.0 Å². The fraction of sp³-hybridized carbons (Fsp3) is 0.556. The maximum Gasteiger partial charge on any atom is 0.198 e. The fourth-order valence-corrected chi connectivity index (χ4v) is 2.63. The van der Waals surface area contributed by atoms with E-state index >= 15 is 0 Å². The van der Waals surface area contributed by atoms with Crippen molar-refractivity contribution in [2.45, 2.75) is 58.4 Å². The number of benzene rings is 1. The lowest BCUT2D eigenvalue weighted by Gasteiger charge is -2.00. The number of nitrogens with one attached hydrogen (secondary N) is 1. The van der Waals surface area contributed by atoms with E-state index in [0.717, 1.165) is 11.1 Å². The number of oxazole rings is 1. The molecule has 22 heavy (non-hydrogen) atoms. The van der Waals surface area contributed by atoms with Gasteiger partial charge in [0.25, 0.3) is 0 Å². The molecule has 1 aliphatic carbocycles. The molecule has 1 N–H and O–H groups in total. The van der Waals surface area contributed by atoms with Crippen LogP contribution in [0.25, 0.3) is 11.1 Å². The third-order valence-corrected chi connectivity index (χ3v) is 3.81. The van der Waals surface area contributed by atoms with Crippen LogP contribution in [0.5, 0.6) is 0 Å². The highest BCUT2D eigenvalue weighted by Gasteiger charge is 2.13. The van der Waals surface area contributed by atoms with Gasteiger partial charge in [-0.3, -0.25) is 0 Å². The molecule has 0 spiro atoms. The molecular weight excluding hydrogens is 274 g/mol. The zero-order valence-electron chi connectivity index (χ0n) is 13.8. The predicted octanol–water partition coefficient (Wildman–Crippen LogP) is 4.49. The maximum absolute atomic E-state index is 9.12. The number of fused-ring (bicyclic) bond motifs is 1. The monoisotopic (exact) mass is 299 g/mol. The second-order valence-corrected chi connectivity index (χ2v) is 6.11. The van der Waals surface area contributed by atoms with Crippen molar-refractivity contribution in [1.29, 1.82) is 5.26 Å². The zero-order chi connectivity index (χ0) is 15.9. The standard InChI is InChI=1S/C13H15N3O.C5H10/c1-8(2)13-16-11-5-9(7-15-3)4-10(6-14)12(11)17-13;1-2-4-5-3-1/h4-5,8,15H,7H2,1-3H3;1-5H2. The molecule has 0 unspecified atom stereocenters. The molecule has 2 aromatic rings. The summed E-state index contributed by atoms with van der Waals surface area (Å²) in [6.07, 6.45) is 7.50. The van der Waals surface area contributed by atoms with Crippen LogP contribution in [0.4, 0.5) is 0 Å². The van der Waals surface area contributed by atoms with Crippen LogP contribution in [-0.2, 0) is 6.54 Å². The van der Waals surface area contributed by atoms with Gasteiger partial charge in [0.2, 0.25) is 0 Å². The largest absolute Gasteiger partial charge is 0.439 e. The first-order valence-corrected chi connectivity index (χ1v) is 8.13. The summed E-state index contributed by atoms with van der Waals surface area (Å²) in [6, 6.07) is 5.96. The van der Waals surface area contributed by atoms with Gasteiger partial charge in [0.15, 0.2) is 11.5 Å². The maximum atomic E-state index is 9.12. The van der Waals surface area contributed by atoms with Crippen LogP contribution < -0.4 is 5.32 Å². The van der Waals surface area contributed by atoms with Gasteiger partial charge in [0, 0.05) is 12.5 Å². The van der Waals surface area contributed by atoms with Crippen LogP contribution in [0.1, 0.15) is 68.9 Å². The lowest BCUT2D eigenvalue weighted by Crippen LogP contribution is -2.05. The van der Waals surface area contributed by atoms with Gasteiger partial charge in [-0.05, 0) is 24.7 Å². The molecule has 0 aliphatic heterocycles. The highest BCUT2D eigenvalue weighted by Crippen LogP contribution is 2.25. The Morgan fingerprint density at radius 1 is 1.23 bits per heavy atom. The summed E-state index contributed by atoms with van der Waals surface area (Å²) >= 11 is 0. The van der Waals surface area contributed by atoms with E-state index in [0.29, 0.717) is 23.6 Å². The van der Waals surface area contributed by atoms with Crippen molar-refractivity contribution >= 4 is 11.1 Å². The minimum Gasteiger partial charge on any atom is -0.439 e. The Hall–Kier alpha value is -1.86. The number of aromatic nitrogens is 1. The van der Waals surface area contributed by atoms with Gasteiger partial charge < -0.3 is 9.73 Å². The Bertz CT molecular complexity index is 641. The van der Waals surface area contributed by atoms with E-state index < -0.39 is 0 Å². The molecule has 1 saturated carbocycles. The Morgan fingerprint density at radius 3 is 2.36 bits per heavy atom. The molecule has 0 radical (unpaired) electrons. The molecule has 118 valence electrons. The van der Waals surface area contributed by atoms with Crippen molar-refractivity contribution < 1.29 is 4.42 Å². The predicted molar refractivity (Wildman–Crippen MR) is 88.7 cm³/mol. The van der Waals surface area contributed by atoms with Crippen molar-refractivity contribution in [3.63, 3.8) is 0 Å². The van der Waals surface area contributed by atoms with E-state index in [4.69, 9.17) is 9.68 Å². The van der Waals surface area contributed by atoms with Crippen LogP contribution in [0.3, 0.4) is 0 Å². The summed E-state index contributed by atoms with van der Waals surface area (Å²) in [5.74, 6) is 0.903. The lowest BCUT2D eigenvalue weighted by molar-refractivity contribution is 0.501. The molecule has 0 amide bonds. The Labute approximate surface area is 132 Å². The summed E-state index contributed by atoms with van der Waals surface area (Å²) in [4.78, 5) is 4.42. The first-order valence-electron chi connectivity index (χ1n) is 8.13. The van der Waals surface area contributed by atoms with E-state index in [2.05, 4.69) is 16.4 Å². The normalized spacial score (nSPS) is 14.0. The van der Waals surface area contributed by atoms with Crippen molar-refractivity contribution in [1.82, 2.24) is 10.3 Å². The quantitative estimate of drug-likeness (QED) is 0.906. The molecule has 1 aromatic carbocycles. The van der Waals surface area contributed by atoms with E-state index in [9.17, 15) is 0 Å². The minimum atomic E-state index is 0.224. The molecule has 0 bridgehead atoms. The van der Waals surface area contributed by atoms with E-state index in [-0.39, 0.29) is 5.92 Å². The van der Waals surface area contributed by atoms with Gasteiger partial charge >= 0.3 is 0 Å². The summed E-state index contributed by atoms with van der Waals surface area (Å²) in [6.45, 7) is 4.75. The summed E-state index contributed by atoms with van der Waals surface area (Å²) in [7, 11) is 1.87. The van der Waals surface area contributed by atoms with Crippen molar-refractivity contribution in [2.75, 3.05) is 7.05 Å². The third-order valence-electron chi connectivity index (χ3n) is 3.81. The molecule has 1 aliphatic rings. The van der Waals surface area contributed by atoms with Gasteiger partial charge in [0.05, 0.1) is 5.56 Å². The van der Waals surface area contributed by atoms with Crippen molar-refractivity contribution in [2.24, 2.45) is 0 Å². The SMILES string of the molecule is C1CCCC1.CNCc1cc(C#N)c2oc(C(C)C)nc2c1. The second kappa shape index (κ2) is 7.95. The number of nitrogens with zero attached hydrogens (tertiary/aromatic N) is 2. The summed E-state index contributed by atoms with van der Waals surface area (Å²) in [5, 5.41) is 12.2. The number of nitriles is 1. The molecule has 4 heteroatoms. The molecule has 0 saturated heterocycles. The first-order chi connectivity index (χ1) is 10.7. The van der Waals surface area contributed by atoms with E-state index in [1.807, 2.05) is 33.0 Å². The Balaban J connectivity index is 0.000000299. The van der Waals surface area contributed by atoms with Gasteiger partial charge in [0.1, 0.15) is 11.6 Å². The van der Waals surface area contributed by atoms with Crippen LogP contribution in [0, 0.1) is 11.3 Å². The molecule has 0 atom stereocenters. The highest BCUT2D eigenvalue weighted by atomic mass is 16.3. The van der Waals surface area contributed by atoms with E-state index in [1.54, 1.807) is 0 Å². The van der Waals surface area contributed by atoms with Gasteiger partial charge in [-0.25, -0.2) is 4.98 Å². The number of hydrogen-bond acceptors (Lipinski definition) is 4. The summed E-state index contributed by atoms with van der Waals surface area (Å²) in [5.41, 5.74) is 2.95. The van der Waals surface area contributed by atoms with Crippen LogP contribution >= 0.6 is 0 Å². The minimum absolute atomic E-state index is 0.224. The fourth-order valence-electron chi connectivity index (χ4n) is 2.63. The molecule has 3 rings (SSSR count). The summed E-state index contributed by atoms with van der Waals surface area (Å²) < 4.78 is 5.63. The molecule has 4 nitrogen and oxygen atoms in total. The average molecular weight is 299 g/mol. The van der Waals surface area contributed by atoms with Crippen LogP contribution in [-0.4, -0.2) is 12.0 Å². The zero-order valence-corrected chi connectivity index (χ0v) is 13.8. The Kier molecular flexibility index (Phi) is 5.97. The molecule has 1 fully saturated rings.